The number of aromatic nitrogens is 2. The number of hydrogen-bond acceptors (Lipinski definition) is 6. The van der Waals surface area contributed by atoms with E-state index in [9.17, 15) is 14.4 Å². The van der Waals surface area contributed by atoms with Gasteiger partial charge in [0.1, 0.15) is 11.6 Å². The fraction of sp³-hybridized carbons (Fsp3) is 0.560. The standard InChI is InChI=1S/C25H36N4O4/c1-18(2)28-23(17-24(31)29(19(3)4)25(28)32)27-14-12-26(13-15-27)11-8-16-33-22-10-7-6-9-21(22)20(5)30/h6-7,9-10,17-19H,8,11-16H2,1-5H3. The molecule has 33 heavy (non-hydrogen) atoms. The highest BCUT2D eigenvalue weighted by molar-refractivity contribution is 5.96. The van der Waals surface area contributed by atoms with E-state index in [1.807, 2.05) is 45.9 Å². The Morgan fingerprint density at radius 1 is 0.970 bits per heavy atom. The minimum atomic E-state index is -0.243. The van der Waals surface area contributed by atoms with Gasteiger partial charge in [-0.25, -0.2) is 4.79 Å². The first-order valence-corrected chi connectivity index (χ1v) is 11.8. The van der Waals surface area contributed by atoms with Gasteiger partial charge in [0.2, 0.25) is 0 Å². The number of benzene rings is 1. The van der Waals surface area contributed by atoms with Gasteiger partial charge in [0.25, 0.3) is 5.56 Å². The van der Waals surface area contributed by atoms with Crippen LogP contribution < -0.4 is 20.9 Å². The summed E-state index contributed by atoms with van der Waals surface area (Å²) in [6, 6.07) is 8.72. The van der Waals surface area contributed by atoms with Crippen LogP contribution in [0, 0.1) is 0 Å². The monoisotopic (exact) mass is 456 g/mol. The van der Waals surface area contributed by atoms with E-state index in [1.165, 1.54) is 4.57 Å². The minimum absolute atomic E-state index is 0.00246. The fourth-order valence-corrected chi connectivity index (χ4v) is 4.32. The second kappa shape index (κ2) is 10.8. The van der Waals surface area contributed by atoms with Crippen LogP contribution in [0.3, 0.4) is 0 Å². The van der Waals surface area contributed by atoms with E-state index in [-0.39, 0.29) is 29.1 Å². The molecule has 0 N–H and O–H groups in total. The number of carbonyl (C=O) groups excluding carboxylic acids is 1. The van der Waals surface area contributed by atoms with Crippen LogP contribution >= 0.6 is 0 Å². The lowest BCUT2D eigenvalue weighted by molar-refractivity contribution is 0.101. The summed E-state index contributed by atoms with van der Waals surface area (Å²) in [4.78, 5) is 41.9. The zero-order valence-electron chi connectivity index (χ0n) is 20.4. The summed E-state index contributed by atoms with van der Waals surface area (Å²) >= 11 is 0. The van der Waals surface area contributed by atoms with Gasteiger partial charge in [-0.2, -0.15) is 0 Å². The van der Waals surface area contributed by atoms with Crippen LogP contribution in [-0.4, -0.2) is 59.1 Å². The smallest absolute Gasteiger partial charge is 0.333 e. The summed E-state index contributed by atoms with van der Waals surface area (Å²) < 4.78 is 8.90. The number of piperazine rings is 1. The molecule has 180 valence electrons. The molecule has 0 unspecified atom stereocenters. The molecule has 2 aromatic rings. The summed E-state index contributed by atoms with van der Waals surface area (Å²) in [7, 11) is 0. The molecule has 1 aliphatic rings. The van der Waals surface area contributed by atoms with Crippen LogP contribution in [0.15, 0.2) is 39.9 Å². The highest BCUT2D eigenvalue weighted by Gasteiger charge is 2.23. The molecule has 1 aliphatic heterocycles. The van der Waals surface area contributed by atoms with E-state index in [2.05, 4.69) is 9.80 Å². The topological polar surface area (TPSA) is 76.8 Å². The Morgan fingerprint density at radius 2 is 1.61 bits per heavy atom. The van der Waals surface area contributed by atoms with E-state index in [1.54, 1.807) is 23.6 Å². The van der Waals surface area contributed by atoms with Crippen molar-refractivity contribution in [3.05, 3.63) is 56.7 Å². The number of rotatable bonds is 9. The first-order chi connectivity index (χ1) is 15.7. The Morgan fingerprint density at radius 3 is 2.21 bits per heavy atom. The van der Waals surface area contributed by atoms with Gasteiger partial charge in [-0.1, -0.05) is 12.1 Å². The molecule has 0 spiro atoms. The molecule has 0 bridgehead atoms. The van der Waals surface area contributed by atoms with Gasteiger partial charge in [0.15, 0.2) is 5.78 Å². The molecule has 0 amide bonds. The molecular weight excluding hydrogens is 420 g/mol. The average Bonchev–Trinajstić information content (AvgIpc) is 2.76. The Kier molecular flexibility index (Phi) is 8.13. The molecule has 1 fully saturated rings. The number of carbonyl (C=O) groups is 1. The maximum Gasteiger partial charge on any atom is 0.333 e. The van der Waals surface area contributed by atoms with Crippen LogP contribution in [0.4, 0.5) is 5.82 Å². The summed E-state index contributed by atoms with van der Waals surface area (Å²) in [6.45, 7) is 13.9. The molecule has 1 aromatic carbocycles. The maximum atomic E-state index is 13.0. The van der Waals surface area contributed by atoms with Gasteiger partial charge in [-0.05, 0) is 53.2 Å². The van der Waals surface area contributed by atoms with Gasteiger partial charge >= 0.3 is 5.69 Å². The Balaban J connectivity index is 1.58. The van der Waals surface area contributed by atoms with Crippen molar-refractivity contribution >= 4 is 11.6 Å². The lowest BCUT2D eigenvalue weighted by atomic mass is 10.1. The molecule has 8 nitrogen and oxygen atoms in total. The van der Waals surface area contributed by atoms with Crippen molar-refractivity contribution in [3.8, 4) is 5.75 Å². The number of anilines is 1. The molecule has 0 aliphatic carbocycles. The Bertz CT molecular complexity index is 1080. The molecule has 0 atom stereocenters. The predicted octanol–water partition coefficient (Wildman–Crippen LogP) is 2.97. The van der Waals surface area contributed by atoms with Crippen LogP contribution in [-0.2, 0) is 0 Å². The number of ether oxygens (including phenoxy) is 1. The molecular formula is C25H36N4O4. The van der Waals surface area contributed by atoms with E-state index >= 15 is 0 Å². The van der Waals surface area contributed by atoms with Crippen molar-refractivity contribution < 1.29 is 9.53 Å². The van der Waals surface area contributed by atoms with Gasteiger partial charge in [-0.3, -0.25) is 23.6 Å². The Labute approximate surface area is 195 Å². The number of nitrogens with zero attached hydrogens (tertiary/aromatic N) is 4. The highest BCUT2D eigenvalue weighted by Crippen LogP contribution is 2.20. The number of ketones is 1. The van der Waals surface area contributed by atoms with Gasteiger partial charge in [-0.15, -0.1) is 0 Å². The summed E-state index contributed by atoms with van der Waals surface area (Å²) in [5.41, 5.74) is 0.127. The van der Waals surface area contributed by atoms with Crippen molar-refractivity contribution in [1.29, 1.82) is 0 Å². The van der Waals surface area contributed by atoms with E-state index in [0.29, 0.717) is 23.7 Å². The van der Waals surface area contributed by atoms with E-state index in [0.717, 1.165) is 39.1 Å². The second-order valence-electron chi connectivity index (χ2n) is 9.13. The lowest BCUT2D eigenvalue weighted by Gasteiger charge is -2.37. The SMILES string of the molecule is CC(=O)c1ccccc1OCCCN1CCN(c2cc(=O)n(C(C)C)c(=O)n2C(C)C)CC1. The van der Waals surface area contributed by atoms with Gasteiger partial charge in [0, 0.05) is 50.9 Å². The quantitative estimate of drug-likeness (QED) is 0.427. The van der Waals surface area contributed by atoms with Gasteiger partial charge in [0.05, 0.1) is 12.2 Å². The molecule has 2 heterocycles. The minimum Gasteiger partial charge on any atom is -0.493 e. The third-order valence-electron chi connectivity index (χ3n) is 6.02. The van der Waals surface area contributed by atoms with Crippen molar-refractivity contribution in [2.24, 2.45) is 0 Å². The zero-order chi connectivity index (χ0) is 24.1. The third kappa shape index (κ3) is 5.74. The maximum absolute atomic E-state index is 13.0. The van der Waals surface area contributed by atoms with Gasteiger partial charge < -0.3 is 9.64 Å². The lowest BCUT2D eigenvalue weighted by Crippen LogP contribution is -2.50. The molecule has 8 heteroatoms. The van der Waals surface area contributed by atoms with E-state index < -0.39 is 0 Å². The van der Waals surface area contributed by atoms with Crippen LogP contribution in [0.25, 0.3) is 0 Å². The first-order valence-electron chi connectivity index (χ1n) is 11.8. The predicted molar refractivity (Wildman–Crippen MR) is 131 cm³/mol. The largest absolute Gasteiger partial charge is 0.493 e. The zero-order valence-corrected chi connectivity index (χ0v) is 20.4. The normalized spacial score (nSPS) is 14.8. The number of hydrogen-bond donors (Lipinski definition) is 0. The Hall–Kier alpha value is -2.87. The average molecular weight is 457 g/mol. The number of Topliss-reactive ketones (excluding diaryl/α,β-unsaturated/α-hetero) is 1. The van der Waals surface area contributed by atoms with Crippen LogP contribution in [0.5, 0.6) is 5.75 Å². The summed E-state index contributed by atoms with van der Waals surface area (Å²) in [6.07, 6.45) is 0.855. The molecule has 0 saturated carbocycles. The van der Waals surface area contributed by atoms with Crippen molar-refractivity contribution in [3.63, 3.8) is 0 Å². The summed E-state index contributed by atoms with van der Waals surface area (Å²) in [5, 5.41) is 0. The van der Waals surface area contributed by atoms with Crippen molar-refractivity contribution in [2.75, 3.05) is 44.2 Å². The molecule has 1 aromatic heterocycles. The first kappa shape index (κ1) is 24.8. The fourth-order valence-electron chi connectivity index (χ4n) is 4.32. The highest BCUT2D eigenvalue weighted by atomic mass is 16.5. The van der Waals surface area contributed by atoms with Crippen molar-refractivity contribution in [2.45, 2.75) is 53.1 Å². The second-order valence-corrected chi connectivity index (χ2v) is 9.13. The van der Waals surface area contributed by atoms with Crippen molar-refractivity contribution in [1.82, 2.24) is 14.0 Å². The van der Waals surface area contributed by atoms with Crippen LogP contribution in [0.2, 0.25) is 0 Å². The molecule has 1 saturated heterocycles. The third-order valence-corrected chi connectivity index (χ3v) is 6.02. The molecule has 0 radical (unpaired) electrons. The molecule has 3 rings (SSSR count). The summed E-state index contributed by atoms with van der Waals surface area (Å²) in [5.74, 6) is 1.35. The van der Waals surface area contributed by atoms with Crippen LogP contribution in [0.1, 0.15) is 63.5 Å². The number of para-hydroxylation sites is 1. The van der Waals surface area contributed by atoms with E-state index in [4.69, 9.17) is 4.74 Å².